The normalized spacial score (nSPS) is 20.1. The molecule has 1 atom stereocenters. The standard InChI is InChI=1S/C18H22F2N6.C4H7NO.C4H8O/c1-10-7-12(19)15(13(20)8-10)24-18-23-14-9-21-17(25-16(14)26-18)22-11-5-3-2-4-6-11;6-3-5-4-1-2-4;1-2-4-5-3-1/h7-9,11,18,23-24H,2-6H2,1H3,(H2,21,22,25,26);3-4H,1-2H2,(H,5,6);1-4H2. The summed E-state index contributed by atoms with van der Waals surface area (Å²) in [5.74, 6) is -0.0948. The average Bonchev–Trinajstić information content (AvgIpc) is 3.32. The molecule has 2 aliphatic carbocycles. The van der Waals surface area contributed by atoms with E-state index in [0.29, 0.717) is 35.1 Å². The molecule has 37 heavy (non-hydrogen) atoms. The Labute approximate surface area is 216 Å². The maximum atomic E-state index is 14.0. The Kier molecular flexibility index (Phi) is 9.70. The van der Waals surface area contributed by atoms with Gasteiger partial charge in [0.15, 0.2) is 12.1 Å². The van der Waals surface area contributed by atoms with Crippen LogP contribution in [-0.4, -0.2) is 48.0 Å². The number of benzene rings is 1. The van der Waals surface area contributed by atoms with Crippen LogP contribution in [0.5, 0.6) is 0 Å². The van der Waals surface area contributed by atoms with E-state index in [4.69, 9.17) is 4.74 Å². The Morgan fingerprint density at radius 1 is 0.946 bits per heavy atom. The molecule has 4 aliphatic rings. The van der Waals surface area contributed by atoms with Crippen molar-refractivity contribution in [3.8, 4) is 0 Å². The van der Waals surface area contributed by atoms with Gasteiger partial charge in [0.05, 0.1) is 11.9 Å². The molecule has 1 amide bonds. The fourth-order valence-corrected chi connectivity index (χ4v) is 4.34. The highest BCUT2D eigenvalue weighted by Gasteiger charge is 2.24. The number of hydrogen-bond donors (Lipinski definition) is 5. The third-order valence-electron chi connectivity index (χ3n) is 6.49. The number of rotatable bonds is 6. The maximum Gasteiger partial charge on any atom is 0.224 e. The first-order valence-electron chi connectivity index (χ1n) is 13.2. The van der Waals surface area contributed by atoms with Gasteiger partial charge in [0.25, 0.3) is 0 Å². The summed E-state index contributed by atoms with van der Waals surface area (Å²) in [4.78, 5) is 18.4. The molecule has 2 saturated carbocycles. The van der Waals surface area contributed by atoms with E-state index in [2.05, 4.69) is 36.6 Å². The number of nitrogens with zero attached hydrogens (tertiary/aromatic N) is 2. The lowest BCUT2D eigenvalue weighted by Crippen LogP contribution is -2.32. The van der Waals surface area contributed by atoms with Gasteiger partial charge in [-0.25, -0.2) is 13.8 Å². The highest BCUT2D eigenvalue weighted by molar-refractivity contribution is 5.72. The first-order chi connectivity index (χ1) is 18.0. The van der Waals surface area contributed by atoms with Crippen molar-refractivity contribution in [2.45, 2.75) is 83.1 Å². The van der Waals surface area contributed by atoms with Crippen molar-refractivity contribution in [1.82, 2.24) is 15.3 Å². The highest BCUT2D eigenvalue weighted by atomic mass is 19.1. The first kappa shape index (κ1) is 26.8. The third-order valence-corrected chi connectivity index (χ3v) is 6.49. The van der Waals surface area contributed by atoms with Crippen molar-refractivity contribution < 1.29 is 18.3 Å². The first-order valence-corrected chi connectivity index (χ1v) is 13.2. The summed E-state index contributed by atoms with van der Waals surface area (Å²) in [6.07, 6.45) is 12.8. The van der Waals surface area contributed by atoms with Crippen LogP contribution in [0.25, 0.3) is 0 Å². The van der Waals surface area contributed by atoms with Gasteiger partial charge >= 0.3 is 0 Å². The summed E-state index contributed by atoms with van der Waals surface area (Å²) in [6.45, 7) is 3.65. The van der Waals surface area contributed by atoms with E-state index in [-0.39, 0.29) is 5.69 Å². The Bertz CT molecular complexity index is 997. The second-order valence-corrected chi connectivity index (χ2v) is 9.78. The second-order valence-electron chi connectivity index (χ2n) is 9.78. The van der Waals surface area contributed by atoms with Crippen LogP contribution in [0.2, 0.25) is 0 Å². The minimum absolute atomic E-state index is 0.179. The smallest absolute Gasteiger partial charge is 0.224 e. The molecule has 6 rings (SSSR count). The molecule has 2 aromatic rings. The Balaban J connectivity index is 0.000000239. The highest BCUT2D eigenvalue weighted by Crippen LogP contribution is 2.30. The van der Waals surface area contributed by atoms with Gasteiger partial charge in [-0.15, -0.1) is 0 Å². The molecular formula is C26H37F2N7O2. The number of amides is 1. The molecule has 1 aromatic carbocycles. The molecule has 2 aliphatic heterocycles. The predicted molar refractivity (Wildman–Crippen MR) is 141 cm³/mol. The van der Waals surface area contributed by atoms with E-state index in [1.807, 2.05) is 0 Å². The van der Waals surface area contributed by atoms with E-state index in [1.165, 1.54) is 57.1 Å². The van der Waals surface area contributed by atoms with Gasteiger partial charge in [0.1, 0.15) is 17.3 Å². The summed E-state index contributed by atoms with van der Waals surface area (Å²) in [5, 5.41) is 15.0. The number of anilines is 4. The van der Waals surface area contributed by atoms with Gasteiger partial charge in [-0.05, 0) is 63.1 Å². The summed E-state index contributed by atoms with van der Waals surface area (Å²) >= 11 is 0. The number of aryl methyl sites for hydroxylation is 1. The zero-order valence-electron chi connectivity index (χ0n) is 21.3. The quantitative estimate of drug-likeness (QED) is 0.350. The fraction of sp³-hybridized carbons (Fsp3) is 0.577. The van der Waals surface area contributed by atoms with Gasteiger partial charge in [-0.1, -0.05) is 19.3 Å². The fourth-order valence-electron chi connectivity index (χ4n) is 4.34. The molecular weight excluding hydrogens is 480 g/mol. The lowest BCUT2D eigenvalue weighted by molar-refractivity contribution is -0.109. The minimum Gasteiger partial charge on any atom is -0.381 e. The molecule has 9 nitrogen and oxygen atoms in total. The predicted octanol–water partition coefficient (Wildman–Crippen LogP) is 4.73. The van der Waals surface area contributed by atoms with Crippen LogP contribution in [0.4, 0.5) is 31.9 Å². The number of fused-ring (bicyclic) bond motifs is 1. The molecule has 5 N–H and O–H groups in total. The van der Waals surface area contributed by atoms with E-state index >= 15 is 0 Å². The number of halogens is 2. The van der Waals surface area contributed by atoms with Crippen molar-refractivity contribution in [3.05, 3.63) is 35.5 Å². The van der Waals surface area contributed by atoms with Crippen molar-refractivity contribution in [1.29, 1.82) is 0 Å². The van der Waals surface area contributed by atoms with Crippen LogP contribution in [0.15, 0.2) is 18.3 Å². The van der Waals surface area contributed by atoms with Crippen molar-refractivity contribution in [2.24, 2.45) is 0 Å². The van der Waals surface area contributed by atoms with Crippen LogP contribution < -0.4 is 26.6 Å². The monoisotopic (exact) mass is 517 g/mol. The molecule has 11 heteroatoms. The Hall–Kier alpha value is -3.21. The molecule has 0 bridgehead atoms. The van der Waals surface area contributed by atoms with E-state index in [9.17, 15) is 13.6 Å². The van der Waals surface area contributed by atoms with Crippen molar-refractivity contribution >= 4 is 29.6 Å². The molecule has 1 unspecified atom stereocenters. The summed E-state index contributed by atoms with van der Waals surface area (Å²) in [7, 11) is 0. The number of aromatic nitrogens is 2. The molecule has 202 valence electrons. The number of ether oxygens (including phenoxy) is 1. The lowest BCUT2D eigenvalue weighted by atomic mass is 9.96. The number of hydrogen-bond acceptors (Lipinski definition) is 8. The van der Waals surface area contributed by atoms with E-state index in [1.54, 1.807) is 13.1 Å². The molecule has 0 radical (unpaired) electrons. The van der Waals surface area contributed by atoms with Gasteiger partial charge in [0.2, 0.25) is 12.4 Å². The minimum atomic E-state index is -0.632. The zero-order valence-corrected chi connectivity index (χ0v) is 21.3. The largest absolute Gasteiger partial charge is 0.381 e. The third kappa shape index (κ3) is 8.41. The number of nitrogens with one attached hydrogen (secondary N) is 5. The topological polar surface area (TPSA) is 112 Å². The van der Waals surface area contributed by atoms with Crippen LogP contribution in [-0.2, 0) is 9.53 Å². The Morgan fingerprint density at radius 3 is 2.22 bits per heavy atom. The van der Waals surface area contributed by atoms with Gasteiger partial charge < -0.3 is 31.3 Å². The van der Waals surface area contributed by atoms with E-state index in [0.717, 1.165) is 32.5 Å². The van der Waals surface area contributed by atoms with Crippen molar-refractivity contribution in [3.63, 3.8) is 0 Å². The van der Waals surface area contributed by atoms with Crippen molar-refractivity contribution in [2.75, 3.05) is 34.5 Å². The molecule has 3 fully saturated rings. The summed E-state index contributed by atoms with van der Waals surface area (Å²) in [5.41, 5.74) is 1.04. The molecule has 0 spiro atoms. The van der Waals surface area contributed by atoms with Gasteiger partial charge in [0, 0.05) is 25.3 Å². The van der Waals surface area contributed by atoms with Crippen LogP contribution >= 0.6 is 0 Å². The summed E-state index contributed by atoms with van der Waals surface area (Å²) in [6, 6.07) is 3.52. The SMILES string of the molecule is C1CCOC1.Cc1cc(F)c(NC2Nc3cnc(NC4CCCCC4)nc3N2)c(F)c1.O=CNC1CC1. The lowest BCUT2D eigenvalue weighted by Gasteiger charge is -2.22. The molecule has 3 heterocycles. The number of carbonyl (C=O) groups is 1. The summed E-state index contributed by atoms with van der Waals surface area (Å²) < 4.78 is 33.0. The van der Waals surface area contributed by atoms with Crippen LogP contribution in [0.3, 0.4) is 0 Å². The second kappa shape index (κ2) is 13.4. The van der Waals surface area contributed by atoms with E-state index < -0.39 is 17.9 Å². The van der Waals surface area contributed by atoms with Gasteiger partial charge in [-0.2, -0.15) is 4.98 Å². The number of carbonyl (C=O) groups excluding carboxylic acids is 1. The van der Waals surface area contributed by atoms with Gasteiger partial charge in [-0.3, -0.25) is 4.79 Å². The molecule has 1 saturated heterocycles. The van der Waals surface area contributed by atoms with Crippen LogP contribution in [0, 0.1) is 18.6 Å². The van der Waals surface area contributed by atoms with Crippen LogP contribution in [0.1, 0.15) is 63.4 Å². The molecule has 1 aromatic heterocycles. The average molecular weight is 518 g/mol. The zero-order chi connectivity index (χ0) is 26.0. The Morgan fingerprint density at radius 2 is 1.65 bits per heavy atom. The maximum absolute atomic E-state index is 14.0.